The molecule has 2 aromatic carbocycles. The highest BCUT2D eigenvalue weighted by molar-refractivity contribution is 5.89. The van der Waals surface area contributed by atoms with Gasteiger partial charge in [0.1, 0.15) is 5.82 Å². The maximum atomic E-state index is 13.5. The van der Waals surface area contributed by atoms with E-state index in [2.05, 4.69) is 45.8 Å². The van der Waals surface area contributed by atoms with Gasteiger partial charge in [-0.25, -0.2) is 13.9 Å². The molecule has 4 aromatic rings. The van der Waals surface area contributed by atoms with Gasteiger partial charge in [-0.05, 0) is 90.6 Å². The van der Waals surface area contributed by atoms with Crippen LogP contribution in [0.25, 0.3) is 11.8 Å². The molecule has 2 heterocycles. The lowest BCUT2D eigenvalue weighted by molar-refractivity contribution is 0.222. The van der Waals surface area contributed by atoms with Gasteiger partial charge in [-0.15, -0.1) is 0 Å². The summed E-state index contributed by atoms with van der Waals surface area (Å²) < 4.78 is 15.4. The van der Waals surface area contributed by atoms with E-state index in [1.807, 2.05) is 29.1 Å². The number of nitrogens with zero attached hydrogens (tertiary/aromatic N) is 3. The molecule has 0 saturated heterocycles. The molecule has 1 fully saturated rings. The van der Waals surface area contributed by atoms with Crippen LogP contribution in [0.2, 0.25) is 0 Å². The Morgan fingerprint density at radius 3 is 2.63 bits per heavy atom. The van der Waals surface area contributed by atoms with E-state index in [1.165, 1.54) is 23.3 Å². The molecule has 0 spiro atoms. The number of amides is 2. The van der Waals surface area contributed by atoms with Crippen molar-refractivity contribution >= 4 is 17.8 Å². The zero-order chi connectivity index (χ0) is 26.1. The quantitative estimate of drug-likeness (QED) is 0.304. The molecule has 0 bridgehead atoms. The Kier molecular flexibility index (Phi) is 6.27. The van der Waals surface area contributed by atoms with Crippen molar-refractivity contribution in [1.82, 2.24) is 20.1 Å². The zero-order valence-electron chi connectivity index (χ0n) is 21.3. The van der Waals surface area contributed by atoms with Crippen molar-refractivity contribution in [2.75, 3.05) is 5.32 Å². The molecule has 3 unspecified atom stereocenters. The van der Waals surface area contributed by atoms with E-state index in [4.69, 9.17) is 0 Å². The number of carbonyl (C=O) groups is 1. The van der Waals surface area contributed by atoms with E-state index in [1.54, 1.807) is 36.7 Å². The van der Waals surface area contributed by atoms with Crippen molar-refractivity contribution in [3.8, 4) is 5.69 Å². The van der Waals surface area contributed by atoms with Crippen molar-refractivity contribution in [3.63, 3.8) is 0 Å². The second-order valence-corrected chi connectivity index (χ2v) is 10.5. The van der Waals surface area contributed by atoms with Crippen LogP contribution in [0.4, 0.5) is 14.9 Å². The molecule has 6 rings (SSSR count). The number of carbonyl (C=O) groups excluding carboxylic acids is 1. The van der Waals surface area contributed by atoms with E-state index < -0.39 is 0 Å². The molecule has 2 N–H and O–H groups in total. The summed E-state index contributed by atoms with van der Waals surface area (Å²) in [6.07, 6.45) is 11.4. The number of aromatic nitrogens is 3. The highest BCUT2D eigenvalue weighted by Crippen LogP contribution is 2.55. The normalized spacial score (nSPS) is 20.7. The van der Waals surface area contributed by atoms with Crippen LogP contribution < -0.4 is 10.6 Å². The van der Waals surface area contributed by atoms with Crippen molar-refractivity contribution < 1.29 is 9.18 Å². The largest absolute Gasteiger partial charge is 0.331 e. The Morgan fingerprint density at radius 2 is 1.87 bits per heavy atom. The van der Waals surface area contributed by atoms with Crippen LogP contribution in [0.3, 0.4) is 0 Å². The third-order valence-electron chi connectivity index (χ3n) is 8.19. The van der Waals surface area contributed by atoms with Crippen LogP contribution in [0.5, 0.6) is 0 Å². The second-order valence-electron chi connectivity index (χ2n) is 10.5. The molecular weight excluding hydrogens is 477 g/mol. The summed E-state index contributed by atoms with van der Waals surface area (Å²) in [5.41, 5.74) is 6.36. The minimum absolute atomic E-state index is 0.0139. The summed E-state index contributed by atoms with van der Waals surface area (Å²) in [5, 5.41) is 10.8. The first-order chi connectivity index (χ1) is 18.5. The second kappa shape index (κ2) is 9.89. The number of nitrogens with one attached hydrogen (secondary N) is 2. The van der Waals surface area contributed by atoms with Gasteiger partial charge in [-0.1, -0.05) is 42.8 Å². The van der Waals surface area contributed by atoms with Gasteiger partial charge in [0.05, 0.1) is 23.6 Å². The molecule has 2 aliphatic rings. The molecule has 3 atom stereocenters. The van der Waals surface area contributed by atoms with Crippen LogP contribution in [0, 0.1) is 17.2 Å². The lowest BCUT2D eigenvalue weighted by atomic mass is 9.68. The molecule has 0 radical (unpaired) electrons. The Morgan fingerprint density at radius 1 is 1.11 bits per heavy atom. The molecule has 192 valence electrons. The number of hydrogen-bond acceptors (Lipinski definition) is 3. The molecular formula is C31H30FN5O. The lowest BCUT2D eigenvalue weighted by Gasteiger charge is -2.37. The lowest BCUT2D eigenvalue weighted by Crippen LogP contribution is -2.36. The number of benzene rings is 2. The fraction of sp³-hybridized carbons (Fsp3) is 0.258. The zero-order valence-corrected chi connectivity index (χ0v) is 21.3. The van der Waals surface area contributed by atoms with Crippen molar-refractivity contribution in [1.29, 1.82) is 0 Å². The smallest absolute Gasteiger partial charge is 0.319 e. The van der Waals surface area contributed by atoms with Crippen LogP contribution in [-0.4, -0.2) is 20.8 Å². The fourth-order valence-electron chi connectivity index (χ4n) is 6.11. The van der Waals surface area contributed by atoms with E-state index in [0.717, 1.165) is 42.6 Å². The maximum Gasteiger partial charge on any atom is 0.319 e. The van der Waals surface area contributed by atoms with Crippen LogP contribution >= 0.6 is 0 Å². The minimum atomic E-state index is -0.254. The first kappa shape index (κ1) is 24.1. The van der Waals surface area contributed by atoms with Gasteiger partial charge < -0.3 is 10.6 Å². The summed E-state index contributed by atoms with van der Waals surface area (Å²) in [7, 11) is 0. The number of pyridine rings is 1. The van der Waals surface area contributed by atoms with Crippen molar-refractivity contribution in [3.05, 3.63) is 114 Å². The highest BCUT2D eigenvalue weighted by atomic mass is 19.1. The summed E-state index contributed by atoms with van der Waals surface area (Å²) >= 11 is 0. The first-order valence-electron chi connectivity index (χ1n) is 13.1. The fourth-order valence-corrected chi connectivity index (χ4v) is 6.11. The van der Waals surface area contributed by atoms with Crippen LogP contribution in [-0.2, 0) is 6.42 Å². The monoisotopic (exact) mass is 507 g/mol. The molecule has 2 aromatic heterocycles. The van der Waals surface area contributed by atoms with Gasteiger partial charge in [0, 0.05) is 18.1 Å². The van der Waals surface area contributed by atoms with E-state index in [9.17, 15) is 9.18 Å². The number of fused-ring (bicyclic) bond motifs is 2. The summed E-state index contributed by atoms with van der Waals surface area (Å²) in [6, 6.07) is 19.9. The average Bonchev–Trinajstić information content (AvgIpc) is 3.48. The summed E-state index contributed by atoms with van der Waals surface area (Å²) in [6.45, 7) is 2.35. The van der Waals surface area contributed by atoms with E-state index in [0.29, 0.717) is 11.6 Å². The minimum Gasteiger partial charge on any atom is -0.331 e. The van der Waals surface area contributed by atoms with Crippen LogP contribution in [0.15, 0.2) is 90.9 Å². The maximum absolute atomic E-state index is 13.5. The van der Waals surface area contributed by atoms with Gasteiger partial charge in [-0.3, -0.25) is 4.98 Å². The number of rotatable bonds is 6. The number of urea groups is 1. The summed E-state index contributed by atoms with van der Waals surface area (Å²) in [4.78, 5) is 17.0. The van der Waals surface area contributed by atoms with Gasteiger partial charge in [0.2, 0.25) is 0 Å². The Balaban J connectivity index is 1.24. The van der Waals surface area contributed by atoms with Gasteiger partial charge in [0.25, 0.3) is 0 Å². The number of halogens is 1. The standard InChI is InChI=1S/C31H30FN5O/c1-31-19-22-20-34-37(27-11-9-25(32)10-12-27)29(22)18-24(31)8-7-23(31)17-28(21-5-3-2-4-6-21)36-30(38)35-26-13-15-33-16-14-26/h2-6,9-16,18,20,23,28H,7-8,17,19H2,1H3,(H2,33,35,36,38). The molecule has 2 amide bonds. The predicted molar refractivity (Wildman–Crippen MR) is 146 cm³/mol. The third-order valence-corrected chi connectivity index (χ3v) is 8.19. The van der Waals surface area contributed by atoms with Crippen molar-refractivity contribution in [2.24, 2.45) is 11.3 Å². The molecule has 1 saturated carbocycles. The van der Waals surface area contributed by atoms with Crippen LogP contribution in [0.1, 0.15) is 49.0 Å². The molecule has 2 aliphatic carbocycles. The average molecular weight is 508 g/mol. The topological polar surface area (TPSA) is 71.8 Å². The number of allylic oxidation sites excluding steroid dienone is 1. The Labute approximate surface area is 221 Å². The third kappa shape index (κ3) is 4.60. The van der Waals surface area contributed by atoms with Gasteiger partial charge >= 0.3 is 6.03 Å². The number of hydrogen-bond donors (Lipinski definition) is 2. The van der Waals surface area contributed by atoms with E-state index in [-0.39, 0.29) is 23.3 Å². The molecule has 38 heavy (non-hydrogen) atoms. The van der Waals surface area contributed by atoms with Gasteiger partial charge in [0.15, 0.2) is 0 Å². The van der Waals surface area contributed by atoms with Crippen molar-refractivity contribution in [2.45, 2.75) is 38.6 Å². The Hall–Kier alpha value is -4.26. The number of anilines is 1. The predicted octanol–water partition coefficient (Wildman–Crippen LogP) is 6.72. The molecule has 7 heteroatoms. The first-order valence-corrected chi connectivity index (χ1v) is 13.1. The van der Waals surface area contributed by atoms with E-state index >= 15 is 0 Å². The molecule has 6 nitrogen and oxygen atoms in total. The molecule has 0 aliphatic heterocycles. The SMILES string of the molecule is CC12Cc3cnn(-c4ccc(F)cc4)c3C=C1CCC2CC(NC(=O)Nc1ccncc1)c1ccccc1. The highest BCUT2D eigenvalue weighted by Gasteiger charge is 2.46. The van der Waals surface area contributed by atoms with Gasteiger partial charge in [-0.2, -0.15) is 5.10 Å². The Bertz CT molecular complexity index is 1470. The summed E-state index contributed by atoms with van der Waals surface area (Å²) in [5.74, 6) is 0.137.